The van der Waals surface area contributed by atoms with Crippen LogP contribution in [-0.2, 0) is 0 Å². The van der Waals surface area contributed by atoms with E-state index in [0.717, 1.165) is 32.8 Å². The Hall–Kier alpha value is -2.98. The second-order valence-electron chi connectivity index (χ2n) is 6.03. The molecule has 0 radical (unpaired) electrons. The van der Waals surface area contributed by atoms with Gasteiger partial charge in [0.2, 0.25) is 0 Å². The van der Waals surface area contributed by atoms with Crippen LogP contribution < -0.4 is 0 Å². The summed E-state index contributed by atoms with van der Waals surface area (Å²) >= 11 is 1.75. The molecule has 120 valence electrons. The fourth-order valence-corrected chi connectivity index (χ4v) is 4.73. The summed E-state index contributed by atoms with van der Waals surface area (Å²) in [5.74, 6) is 0.938. The first-order valence-corrected chi connectivity index (χ1v) is 8.96. The molecule has 0 atom stereocenters. The molecule has 0 unspecified atom stereocenters. The third-order valence-electron chi connectivity index (χ3n) is 4.72. The van der Waals surface area contributed by atoms with Gasteiger partial charge in [-0.2, -0.15) is 0 Å². The van der Waals surface area contributed by atoms with Crippen molar-refractivity contribution in [2.45, 2.75) is 6.92 Å². The van der Waals surface area contributed by atoms with E-state index in [0.29, 0.717) is 0 Å². The highest BCUT2D eigenvalue weighted by Gasteiger charge is 2.18. The van der Waals surface area contributed by atoms with E-state index in [9.17, 15) is 0 Å². The van der Waals surface area contributed by atoms with Crippen LogP contribution in [0.5, 0.6) is 0 Å². The smallest absolute Gasteiger partial charge is 0.158 e. The highest BCUT2D eigenvalue weighted by molar-refractivity contribution is 7.26. The molecule has 0 amide bonds. The molecule has 2 aromatic carbocycles. The van der Waals surface area contributed by atoms with Crippen LogP contribution in [0.25, 0.3) is 43.1 Å². The van der Waals surface area contributed by atoms with Crippen molar-refractivity contribution >= 4 is 48.6 Å². The zero-order chi connectivity index (χ0) is 17.0. The lowest BCUT2D eigenvalue weighted by Gasteiger charge is -2.08. The molecule has 4 heteroatoms. The lowest BCUT2D eigenvalue weighted by molar-refractivity contribution is 0.995. The van der Waals surface area contributed by atoms with Crippen LogP contribution in [0.2, 0.25) is 0 Å². The number of fused-ring (bicyclic) bond motifs is 4. The largest absolute Gasteiger partial charge is 0.297 e. The van der Waals surface area contributed by atoms with E-state index in [1.807, 2.05) is 6.08 Å². The molecule has 0 saturated carbocycles. The first kappa shape index (κ1) is 14.4. The summed E-state index contributed by atoms with van der Waals surface area (Å²) in [6.45, 7) is 6.13. The number of thiophene rings is 1. The van der Waals surface area contributed by atoms with Crippen molar-refractivity contribution in [1.82, 2.24) is 14.5 Å². The summed E-state index contributed by atoms with van der Waals surface area (Å²) in [5.41, 5.74) is 4.47. The zero-order valence-electron chi connectivity index (χ0n) is 13.7. The lowest BCUT2D eigenvalue weighted by Crippen LogP contribution is -2.00. The Morgan fingerprint density at radius 2 is 1.76 bits per heavy atom. The Bertz CT molecular complexity index is 1280. The van der Waals surface area contributed by atoms with E-state index in [1.54, 1.807) is 17.7 Å². The summed E-state index contributed by atoms with van der Waals surface area (Å²) in [5, 5.41) is 2.38. The van der Waals surface area contributed by atoms with Crippen LogP contribution in [0.4, 0.5) is 0 Å². The zero-order valence-corrected chi connectivity index (χ0v) is 14.5. The molecule has 3 aromatic heterocycles. The van der Waals surface area contributed by atoms with Gasteiger partial charge in [-0.1, -0.05) is 49.1 Å². The van der Waals surface area contributed by atoms with Crippen molar-refractivity contribution in [3.8, 4) is 5.82 Å². The Labute approximate surface area is 148 Å². The molecule has 5 aromatic rings. The normalized spacial score (nSPS) is 11.6. The maximum absolute atomic E-state index is 4.66. The molecule has 5 rings (SSSR count). The lowest BCUT2D eigenvalue weighted by atomic mass is 10.1. The van der Waals surface area contributed by atoms with Crippen LogP contribution >= 0.6 is 11.3 Å². The van der Waals surface area contributed by atoms with Crippen molar-refractivity contribution in [3.63, 3.8) is 0 Å². The predicted octanol–water partition coefficient (Wildman–Crippen LogP) is 5.74. The molecule has 0 aliphatic heterocycles. The number of hydrogen-bond acceptors (Lipinski definition) is 3. The summed E-state index contributed by atoms with van der Waals surface area (Å²) in [4.78, 5) is 9.22. The molecule has 0 saturated heterocycles. The Kier molecular flexibility index (Phi) is 3.02. The Balaban J connectivity index is 1.96. The summed E-state index contributed by atoms with van der Waals surface area (Å²) < 4.78 is 4.58. The van der Waals surface area contributed by atoms with Gasteiger partial charge in [0.05, 0.1) is 15.7 Å². The van der Waals surface area contributed by atoms with Gasteiger partial charge in [0.1, 0.15) is 6.33 Å². The van der Waals surface area contributed by atoms with Crippen molar-refractivity contribution < 1.29 is 0 Å². The van der Waals surface area contributed by atoms with E-state index >= 15 is 0 Å². The first-order valence-electron chi connectivity index (χ1n) is 8.14. The SMILES string of the molecule is C=Cc1c(C)n(-c2ncnc3c2sc2ccccc23)c2ccccc12. The number of para-hydroxylation sites is 1. The highest BCUT2D eigenvalue weighted by atomic mass is 32.1. The molecule has 0 fully saturated rings. The van der Waals surface area contributed by atoms with Crippen LogP contribution in [0.1, 0.15) is 11.3 Å². The molecular formula is C21H15N3S. The van der Waals surface area contributed by atoms with Crippen LogP contribution in [0.15, 0.2) is 61.4 Å². The minimum Gasteiger partial charge on any atom is -0.297 e. The van der Waals surface area contributed by atoms with Gasteiger partial charge in [-0.25, -0.2) is 9.97 Å². The number of rotatable bonds is 2. The molecule has 3 heterocycles. The van der Waals surface area contributed by atoms with Gasteiger partial charge in [-0.05, 0) is 19.1 Å². The van der Waals surface area contributed by atoms with Gasteiger partial charge in [-0.3, -0.25) is 4.57 Å². The van der Waals surface area contributed by atoms with Crippen molar-refractivity contribution in [1.29, 1.82) is 0 Å². The highest BCUT2D eigenvalue weighted by Crippen LogP contribution is 2.37. The first-order chi connectivity index (χ1) is 12.3. The molecule has 3 nitrogen and oxygen atoms in total. The fourth-order valence-electron chi connectivity index (χ4n) is 3.59. The van der Waals surface area contributed by atoms with E-state index in [-0.39, 0.29) is 0 Å². The number of hydrogen-bond donors (Lipinski definition) is 0. The van der Waals surface area contributed by atoms with Gasteiger partial charge in [0.25, 0.3) is 0 Å². The minimum absolute atomic E-state index is 0.938. The molecule has 25 heavy (non-hydrogen) atoms. The Morgan fingerprint density at radius 3 is 2.60 bits per heavy atom. The van der Waals surface area contributed by atoms with E-state index in [1.165, 1.54) is 15.5 Å². The maximum atomic E-state index is 4.66. The van der Waals surface area contributed by atoms with Crippen LogP contribution in [0, 0.1) is 6.92 Å². The molecule has 0 spiro atoms. The molecular weight excluding hydrogens is 326 g/mol. The maximum Gasteiger partial charge on any atom is 0.158 e. The van der Waals surface area contributed by atoms with Crippen molar-refractivity contribution in [2.75, 3.05) is 0 Å². The van der Waals surface area contributed by atoms with Crippen molar-refractivity contribution in [3.05, 3.63) is 72.7 Å². The Morgan fingerprint density at radius 1 is 1.00 bits per heavy atom. The predicted molar refractivity (Wildman–Crippen MR) is 107 cm³/mol. The number of aromatic nitrogens is 3. The third kappa shape index (κ3) is 1.91. The van der Waals surface area contributed by atoms with E-state index in [2.05, 4.69) is 76.6 Å². The van der Waals surface area contributed by atoms with Crippen LogP contribution in [-0.4, -0.2) is 14.5 Å². The third-order valence-corrected chi connectivity index (χ3v) is 5.87. The fraction of sp³-hybridized carbons (Fsp3) is 0.0476. The minimum atomic E-state index is 0.938. The van der Waals surface area contributed by atoms with Crippen molar-refractivity contribution in [2.24, 2.45) is 0 Å². The van der Waals surface area contributed by atoms with E-state index < -0.39 is 0 Å². The number of benzene rings is 2. The van der Waals surface area contributed by atoms with Crippen LogP contribution in [0.3, 0.4) is 0 Å². The molecule has 0 N–H and O–H groups in total. The number of nitrogens with zero attached hydrogens (tertiary/aromatic N) is 3. The monoisotopic (exact) mass is 341 g/mol. The molecule has 0 aliphatic rings. The van der Waals surface area contributed by atoms with Gasteiger partial charge in [0, 0.05) is 26.7 Å². The molecule has 0 aliphatic carbocycles. The average Bonchev–Trinajstić information content (AvgIpc) is 3.16. The summed E-state index contributed by atoms with van der Waals surface area (Å²) in [6.07, 6.45) is 3.59. The average molecular weight is 341 g/mol. The van der Waals surface area contributed by atoms with Gasteiger partial charge in [-0.15, -0.1) is 11.3 Å². The standard InChI is InChI=1S/C21H15N3S/c1-3-14-13(2)24(17-10-6-4-8-15(14)17)21-20-19(22-12-23-21)16-9-5-7-11-18(16)25-20/h3-12H,1H2,2H3. The summed E-state index contributed by atoms with van der Waals surface area (Å²) in [6, 6.07) is 16.8. The van der Waals surface area contributed by atoms with E-state index in [4.69, 9.17) is 0 Å². The van der Waals surface area contributed by atoms with Gasteiger partial charge in [0.15, 0.2) is 5.82 Å². The van der Waals surface area contributed by atoms with Gasteiger partial charge < -0.3 is 0 Å². The second-order valence-corrected chi connectivity index (χ2v) is 7.08. The second kappa shape index (κ2) is 5.26. The molecule has 0 bridgehead atoms. The summed E-state index contributed by atoms with van der Waals surface area (Å²) in [7, 11) is 0. The quantitative estimate of drug-likeness (QED) is 0.410. The topological polar surface area (TPSA) is 30.7 Å². The van der Waals surface area contributed by atoms with Gasteiger partial charge >= 0.3 is 0 Å².